The van der Waals surface area contributed by atoms with E-state index < -0.39 is 5.66 Å². The standard InChI is InChI=1S/C17H21N3O3/c21-15-12-4-1-2-5-13(12)18-17(19-15)7-9-20(10-8-17)16(22)14-6-3-11-23-14/h1-2,4-5,14,18H,3,6-11H2,(H,19,21). The number of carbonyl (C=O) groups is 2. The lowest BCUT2D eigenvalue weighted by Gasteiger charge is -2.46. The molecule has 0 bridgehead atoms. The van der Waals surface area contributed by atoms with Crippen LogP contribution >= 0.6 is 0 Å². The van der Waals surface area contributed by atoms with Crippen molar-refractivity contribution in [1.29, 1.82) is 0 Å². The van der Waals surface area contributed by atoms with Crippen molar-refractivity contribution in [2.45, 2.75) is 37.5 Å². The van der Waals surface area contributed by atoms with Gasteiger partial charge in [-0.05, 0) is 25.0 Å². The highest BCUT2D eigenvalue weighted by Gasteiger charge is 2.42. The predicted molar refractivity (Wildman–Crippen MR) is 85.0 cm³/mol. The number of benzene rings is 1. The highest BCUT2D eigenvalue weighted by Crippen LogP contribution is 2.31. The van der Waals surface area contributed by atoms with Crippen molar-refractivity contribution >= 4 is 17.5 Å². The van der Waals surface area contributed by atoms with Gasteiger partial charge in [0.15, 0.2) is 0 Å². The summed E-state index contributed by atoms with van der Waals surface area (Å²) in [4.78, 5) is 26.6. The van der Waals surface area contributed by atoms with Gasteiger partial charge in [0, 0.05) is 38.2 Å². The van der Waals surface area contributed by atoms with Crippen LogP contribution in [0.25, 0.3) is 0 Å². The number of piperidine rings is 1. The van der Waals surface area contributed by atoms with Gasteiger partial charge >= 0.3 is 0 Å². The summed E-state index contributed by atoms with van der Waals surface area (Å²) in [6.45, 7) is 1.95. The summed E-state index contributed by atoms with van der Waals surface area (Å²) < 4.78 is 5.49. The van der Waals surface area contributed by atoms with Crippen molar-refractivity contribution in [3.8, 4) is 0 Å². The third-order valence-corrected chi connectivity index (χ3v) is 5.03. The summed E-state index contributed by atoms with van der Waals surface area (Å²) in [5.41, 5.74) is 1.10. The Morgan fingerprint density at radius 2 is 2.00 bits per heavy atom. The van der Waals surface area contributed by atoms with E-state index >= 15 is 0 Å². The van der Waals surface area contributed by atoms with E-state index in [-0.39, 0.29) is 17.9 Å². The van der Waals surface area contributed by atoms with Crippen LogP contribution in [0.2, 0.25) is 0 Å². The minimum atomic E-state index is -0.446. The van der Waals surface area contributed by atoms with E-state index in [1.165, 1.54) is 0 Å². The molecule has 122 valence electrons. The number of para-hydroxylation sites is 1. The maximum atomic E-state index is 12.4. The molecule has 0 radical (unpaired) electrons. The van der Waals surface area contributed by atoms with E-state index in [2.05, 4.69) is 10.6 Å². The number of carbonyl (C=O) groups excluding carboxylic acids is 2. The molecule has 3 aliphatic heterocycles. The fourth-order valence-electron chi connectivity index (χ4n) is 3.70. The van der Waals surface area contributed by atoms with Crippen molar-refractivity contribution in [3.63, 3.8) is 0 Å². The molecule has 1 unspecified atom stereocenters. The van der Waals surface area contributed by atoms with E-state index in [9.17, 15) is 9.59 Å². The molecular formula is C17H21N3O3. The zero-order valence-corrected chi connectivity index (χ0v) is 13.0. The van der Waals surface area contributed by atoms with Crippen molar-refractivity contribution in [1.82, 2.24) is 10.2 Å². The van der Waals surface area contributed by atoms with Gasteiger partial charge in [-0.15, -0.1) is 0 Å². The average molecular weight is 315 g/mol. The van der Waals surface area contributed by atoms with Gasteiger partial charge in [-0.3, -0.25) is 9.59 Å². The Balaban J connectivity index is 1.45. The molecule has 23 heavy (non-hydrogen) atoms. The summed E-state index contributed by atoms with van der Waals surface area (Å²) in [7, 11) is 0. The van der Waals surface area contributed by atoms with Gasteiger partial charge in [0.25, 0.3) is 11.8 Å². The Kier molecular flexibility index (Phi) is 3.49. The third kappa shape index (κ3) is 2.57. The second kappa shape index (κ2) is 5.53. The SMILES string of the molecule is O=C1NC2(CCN(C(=O)C3CCCO3)CC2)Nc2ccccc21. The Morgan fingerprint density at radius 3 is 2.74 bits per heavy atom. The predicted octanol–water partition coefficient (Wildman–Crippen LogP) is 1.34. The van der Waals surface area contributed by atoms with Gasteiger partial charge in [0.1, 0.15) is 11.8 Å². The summed E-state index contributed by atoms with van der Waals surface area (Å²) >= 11 is 0. The molecule has 0 saturated carbocycles. The first-order valence-electron chi connectivity index (χ1n) is 8.27. The van der Waals surface area contributed by atoms with Gasteiger partial charge in [0.2, 0.25) is 0 Å². The van der Waals surface area contributed by atoms with Crippen LogP contribution in [0.1, 0.15) is 36.0 Å². The fourth-order valence-corrected chi connectivity index (χ4v) is 3.70. The molecule has 2 amide bonds. The van der Waals surface area contributed by atoms with Gasteiger partial charge in [-0.25, -0.2) is 0 Å². The minimum Gasteiger partial charge on any atom is -0.368 e. The molecule has 1 aromatic carbocycles. The molecule has 2 saturated heterocycles. The largest absolute Gasteiger partial charge is 0.368 e. The summed E-state index contributed by atoms with van der Waals surface area (Å²) in [6.07, 6.45) is 2.92. The normalized spacial score (nSPS) is 25.7. The zero-order chi connectivity index (χ0) is 15.9. The number of hydrogen-bond acceptors (Lipinski definition) is 4. The average Bonchev–Trinajstić information content (AvgIpc) is 3.09. The second-order valence-electron chi connectivity index (χ2n) is 6.53. The van der Waals surface area contributed by atoms with Crippen molar-refractivity contribution in [3.05, 3.63) is 29.8 Å². The van der Waals surface area contributed by atoms with E-state index in [4.69, 9.17) is 4.74 Å². The lowest BCUT2D eigenvalue weighted by molar-refractivity contribution is -0.142. The summed E-state index contributed by atoms with van der Waals surface area (Å²) in [6, 6.07) is 7.54. The number of hydrogen-bond donors (Lipinski definition) is 2. The summed E-state index contributed by atoms with van der Waals surface area (Å²) in [5, 5.41) is 6.57. The molecule has 0 aromatic heterocycles. The molecule has 1 spiro atoms. The number of nitrogens with one attached hydrogen (secondary N) is 2. The molecule has 4 rings (SSSR count). The lowest BCUT2D eigenvalue weighted by Crippen LogP contribution is -2.63. The maximum absolute atomic E-state index is 12.4. The van der Waals surface area contributed by atoms with Gasteiger partial charge in [-0.2, -0.15) is 0 Å². The summed E-state index contributed by atoms with van der Waals surface area (Å²) in [5.74, 6) is 0.0538. The Hall–Kier alpha value is -2.08. The number of fused-ring (bicyclic) bond motifs is 1. The van der Waals surface area contributed by atoms with E-state index in [1.54, 1.807) is 0 Å². The van der Waals surface area contributed by atoms with E-state index in [1.807, 2.05) is 29.2 Å². The Bertz CT molecular complexity index is 632. The first-order chi connectivity index (χ1) is 11.2. The van der Waals surface area contributed by atoms with Crippen molar-refractivity contribution < 1.29 is 14.3 Å². The maximum Gasteiger partial charge on any atom is 0.255 e. The molecular weight excluding hydrogens is 294 g/mol. The smallest absolute Gasteiger partial charge is 0.255 e. The molecule has 6 heteroatoms. The molecule has 2 fully saturated rings. The number of nitrogens with zero attached hydrogens (tertiary/aromatic N) is 1. The topological polar surface area (TPSA) is 70.7 Å². The molecule has 0 aliphatic carbocycles. The molecule has 2 N–H and O–H groups in total. The van der Waals surface area contributed by atoms with Crippen LogP contribution in [0.3, 0.4) is 0 Å². The molecule has 6 nitrogen and oxygen atoms in total. The van der Waals surface area contributed by atoms with Crippen LogP contribution in [0.4, 0.5) is 5.69 Å². The van der Waals surface area contributed by atoms with Crippen LogP contribution < -0.4 is 10.6 Å². The molecule has 3 heterocycles. The second-order valence-corrected chi connectivity index (χ2v) is 6.53. The first kappa shape index (κ1) is 14.5. The van der Waals surface area contributed by atoms with Crippen LogP contribution in [0.5, 0.6) is 0 Å². The molecule has 3 aliphatic rings. The third-order valence-electron chi connectivity index (χ3n) is 5.03. The number of anilines is 1. The highest BCUT2D eigenvalue weighted by molar-refractivity contribution is 6.02. The molecule has 1 atom stereocenters. The number of amides is 2. The van der Waals surface area contributed by atoms with Crippen LogP contribution in [-0.4, -0.2) is 48.2 Å². The first-order valence-corrected chi connectivity index (χ1v) is 8.27. The number of rotatable bonds is 1. The quantitative estimate of drug-likeness (QED) is 0.820. The monoisotopic (exact) mass is 315 g/mol. The number of likely N-dealkylation sites (tertiary alicyclic amines) is 1. The van der Waals surface area contributed by atoms with Crippen LogP contribution in [-0.2, 0) is 9.53 Å². The van der Waals surface area contributed by atoms with Crippen LogP contribution in [0.15, 0.2) is 24.3 Å². The zero-order valence-electron chi connectivity index (χ0n) is 13.0. The van der Waals surface area contributed by atoms with Gasteiger partial charge < -0.3 is 20.3 Å². The van der Waals surface area contributed by atoms with Crippen molar-refractivity contribution in [2.75, 3.05) is 25.0 Å². The van der Waals surface area contributed by atoms with E-state index in [0.29, 0.717) is 38.1 Å². The molecule has 1 aromatic rings. The lowest BCUT2D eigenvalue weighted by atomic mass is 9.92. The number of ether oxygens (including phenoxy) is 1. The Labute approximate surface area is 135 Å². The van der Waals surface area contributed by atoms with E-state index in [0.717, 1.165) is 18.5 Å². The van der Waals surface area contributed by atoms with Crippen LogP contribution in [0, 0.1) is 0 Å². The van der Waals surface area contributed by atoms with Gasteiger partial charge in [-0.1, -0.05) is 12.1 Å². The van der Waals surface area contributed by atoms with Gasteiger partial charge in [0.05, 0.1) is 5.56 Å². The van der Waals surface area contributed by atoms with Crippen molar-refractivity contribution in [2.24, 2.45) is 0 Å². The minimum absolute atomic E-state index is 0.0433. The highest BCUT2D eigenvalue weighted by atomic mass is 16.5. The fraction of sp³-hybridized carbons (Fsp3) is 0.529. The Morgan fingerprint density at radius 1 is 1.22 bits per heavy atom.